The SMILES string of the molecule is CCOC(=O)C1CCN(C(=O)[C@@H]2OCC(=O)N(C)[C@H]2c2ccc(C)cc2)CC1. The first kappa shape index (κ1) is 20.3. The van der Waals surface area contributed by atoms with Gasteiger partial charge >= 0.3 is 5.97 Å². The third-order valence-corrected chi connectivity index (χ3v) is 5.57. The van der Waals surface area contributed by atoms with Gasteiger partial charge in [0, 0.05) is 20.1 Å². The van der Waals surface area contributed by atoms with E-state index in [9.17, 15) is 14.4 Å². The van der Waals surface area contributed by atoms with E-state index in [4.69, 9.17) is 9.47 Å². The van der Waals surface area contributed by atoms with E-state index in [0.29, 0.717) is 32.5 Å². The van der Waals surface area contributed by atoms with Crippen LogP contribution in [0.3, 0.4) is 0 Å². The van der Waals surface area contributed by atoms with Gasteiger partial charge in [-0.15, -0.1) is 0 Å². The maximum atomic E-state index is 13.2. The second kappa shape index (κ2) is 8.73. The first-order valence-electron chi connectivity index (χ1n) is 9.81. The Hall–Kier alpha value is -2.41. The molecule has 0 bridgehead atoms. The first-order chi connectivity index (χ1) is 13.4. The van der Waals surface area contributed by atoms with Crippen LogP contribution in [0.5, 0.6) is 0 Å². The fourth-order valence-corrected chi connectivity index (χ4v) is 3.86. The third-order valence-electron chi connectivity index (χ3n) is 5.57. The maximum absolute atomic E-state index is 13.2. The van der Waals surface area contributed by atoms with E-state index in [1.807, 2.05) is 31.2 Å². The molecule has 3 rings (SSSR count). The smallest absolute Gasteiger partial charge is 0.309 e. The number of hydrogen-bond acceptors (Lipinski definition) is 5. The molecule has 2 aliphatic heterocycles. The lowest BCUT2D eigenvalue weighted by molar-refractivity contribution is -0.169. The molecule has 0 unspecified atom stereocenters. The number of nitrogens with zero attached hydrogens (tertiary/aromatic N) is 2. The number of morpholine rings is 1. The fourth-order valence-electron chi connectivity index (χ4n) is 3.86. The lowest BCUT2D eigenvalue weighted by atomic mass is 9.93. The highest BCUT2D eigenvalue weighted by molar-refractivity contribution is 5.86. The number of esters is 1. The summed E-state index contributed by atoms with van der Waals surface area (Å²) in [6.07, 6.45) is 0.423. The van der Waals surface area contributed by atoms with E-state index in [2.05, 4.69) is 0 Å². The monoisotopic (exact) mass is 388 g/mol. The molecule has 2 fully saturated rings. The number of carbonyl (C=O) groups is 3. The van der Waals surface area contributed by atoms with Crippen molar-refractivity contribution in [3.8, 4) is 0 Å². The molecule has 28 heavy (non-hydrogen) atoms. The topological polar surface area (TPSA) is 76.1 Å². The molecule has 2 aliphatic rings. The highest BCUT2D eigenvalue weighted by atomic mass is 16.5. The molecule has 0 N–H and O–H groups in total. The summed E-state index contributed by atoms with van der Waals surface area (Å²) in [5, 5.41) is 0. The molecule has 2 saturated heterocycles. The minimum Gasteiger partial charge on any atom is -0.466 e. The number of likely N-dealkylation sites (tertiary alicyclic amines) is 1. The average molecular weight is 388 g/mol. The molecule has 2 heterocycles. The van der Waals surface area contributed by atoms with Crippen LogP contribution in [0.1, 0.15) is 36.9 Å². The summed E-state index contributed by atoms with van der Waals surface area (Å²) >= 11 is 0. The number of carbonyl (C=O) groups excluding carboxylic acids is 3. The van der Waals surface area contributed by atoms with Crippen LogP contribution < -0.4 is 0 Å². The minimum atomic E-state index is -0.746. The van der Waals surface area contributed by atoms with Crippen molar-refractivity contribution < 1.29 is 23.9 Å². The van der Waals surface area contributed by atoms with Gasteiger partial charge in [-0.05, 0) is 32.3 Å². The van der Waals surface area contributed by atoms with Gasteiger partial charge in [0.05, 0.1) is 18.6 Å². The Morgan fingerprint density at radius 1 is 1.18 bits per heavy atom. The quantitative estimate of drug-likeness (QED) is 0.734. The molecule has 1 aromatic carbocycles. The highest BCUT2D eigenvalue weighted by Gasteiger charge is 2.42. The van der Waals surface area contributed by atoms with E-state index in [-0.39, 0.29) is 30.3 Å². The summed E-state index contributed by atoms with van der Waals surface area (Å²) in [7, 11) is 1.71. The zero-order valence-electron chi connectivity index (χ0n) is 16.7. The standard InChI is InChI=1S/C21H28N2O5/c1-4-27-21(26)16-9-11-23(12-10-16)20(25)19-18(22(3)17(24)13-28-19)15-7-5-14(2)6-8-15/h5-8,16,18-19H,4,9-13H2,1-3H3/t18-,19+/m0/s1. The number of rotatable bonds is 4. The van der Waals surface area contributed by atoms with Gasteiger partial charge in [-0.25, -0.2) is 0 Å². The van der Waals surface area contributed by atoms with E-state index < -0.39 is 12.1 Å². The molecular weight excluding hydrogens is 360 g/mol. The molecular formula is C21H28N2O5. The number of likely N-dealkylation sites (N-methyl/N-ethyl adjacent to an activating group) is 1. The van der Waals surface area contributed by atoms with E-state index in [1.54, 1.807) is 23.8 Å². The Labute approximate surface area is 165 Å². The molecule has 7 heteroatoms. The lowest BCUT2D eigenvalue weighted by Crippen LogP contribution is -2.55. The average Bonchev–Trinajstić information content (AvgIpc) is 2.70. The first-order valence-corrected chi connectivity index (χ1v) is 9.81. The zero-order chi connectivity index (χ0) is 20.3. The predicted molar refractivity (Wildman–Crippen MR) is 102 cm³/mol. The molecule has 2 atom stereocenters. The van der Waals surface area contributed by atoms with Gasteiger partial charge in [-0.3, -0.25) is 14.4 Å². The Kier molecular flexibility index (Phi) is 6.34. The number of ether oxygens (including phenoxy) is 2. The van der Waals surface area contributed by atoms with Gasteiger partial charge in [0.15, 0.2) is 6.10 Å². The summed E-state index contributed by atoms with van der Waals surface area (Å²) in [6.45, 7) is 5.02. The van der Waals surface area contributed by atoms with Crippen molar-refractivity contribution in [1.29, 1.82) is 0 Å². The van der Waals surface area contributed by atoms with Gasteiger partial charge in [-0.2, -0.15) is 0 Å². The van der Waals surface area contributed by atoms with Crippen LogP contribution in [0.4, 0.5) is 0 Å². The van der Waals surface area contributed by atoms with Crippen LogP contribution in [0.2, 0.25) is 0 Å². The number of benzene rings is 1. The lowest BCUT2D eigenvalue weighted by Gasteiger charge is -2.41. The predicted octanol–water partition coefficient (Wildman–Crippen LogP) is 1.70. The molecule has 1 aromatic rings. The summed E-state index contributed by atoms with van der Waals surface area (Å²) in [4.78, 5) is 40.7. The van der Waals surface area contributed by atoms with Gasteiger partial charge in [0.1, 0.15) is 6.61 Å². The molecule has 0 spiro atoms. The van der Waals surface area contributed by atoms with Crippen molar-refractivity contribution >= 4 is 17.8 Å². The number of piperidine rings is 1. The summed E-state index contributed by atoms with van der Waals surface area (Å²) < 4.78 is 10.8. The Bertz CT molecular complexity index is 725. The van der Waals surface area contributed by atoms with Gasteiger partial charge in [0.25, 0.3) is 5.91 Å². The Balaban J connectivity index is 1.73. The number of hydrogen-bond donors (Lipinski definition) is 0. The Morgan fingerprint density at radius 3 is 2.43 bits per heavy atom. The van der Waals surface area contributed by atoms with E-state index in [1.165, 1.54) is 0 Å². The van der Waals surface area contributed by atoms with Crippen molar-refractivity contribution in [3.05, 3.63) is 35.4 Å². The van der Waals surface area contributed by atoms with Crippen LogP contribution in [0.25, 0.3) is 0 Å². The van der Waals surface area contributed by atoms with Gasteiger partial charge in [0.2, 0.25) is 5.91 Å². The second-order valence-corrected chi connectivity index (χ2v) is 7.44. The molecule has 0 saturated carbocycles. The van der Waals surface area contributed by atoms with Crippen molar-refractivity contribution in [2.45, 2.75) is 38.8 Å². The van der Waals surface area contributed by atoms with E-state index >= 15 is 0 Å². The van der Waals surface area contributed by atoms with E-state index in [0.717, 1.165) is 11.1 Å². The molecule has 0 aliphatic carbocycles. The normalized spacial score (nSPS) is 23.6. The molecule has 0 radical (unpaired) electrons. The summed E-state index contributed by atoms with van der Waals surface area (Å²) in [5.74, 6) is -0.623. The number of aryl methyl sites for hydroxylation is 1. The van der Waals surface area contributed by atoms with Crippen molar-refractivity contribution in [2.75, 3.05) is 33.4 Å². The van der Waals surface area contributed by atoms with Crippen LogP contribution in [-0.4, -0.2) is 67.0 Å². The van der Waals surface area contributed by atoms with Gasteiger partial charge < -0.3 is 19.3 Å². The van der Waals surface area contributed by atoms with Crippen LogP contribution in [0, 0.1) is 12.8 Å². The molecule has 7 nitrogen and oxygen atoms in total. The van der Waals surface area contributed by atoms with Crippen LogP contribution >= 0.6 is 0 Å². The largest absolute Gasteiger partial charge is 0.466 e. The van der Waals surface area contributed by atoms with Gasteiger partial charge in [-0.1, -0.05) is 29.8 Å². The van der Waals surface area contributed by atoms with Crippen LogP contribution in [0.15, 0.2) is 24.3 Å². The third kappa shape index (κ3) is 4.19. The van der Waals surface area contributed by atoms with Crippen molar-refractivity contribution in [2.24, 2.45) is 5.92 Å². The number of amides is 2. The van der Waals surface area contributed by atoms with Crippen molar-refractivity contribution in [1.82, 2.24) is 9.80 Å². The second-order valence-electron chi connectivity index (χ2n) is 7.44. The molecule has 152 valence electrons. The van der Waals surface area contributed by atoms with Crippen molar-refractivity contribution in [3.63, 3.8) is 0 Å². The fraction of sp³-hybridized carbons (Fsp3) is 0.571. The summed E-state index contributed by atoms with van der Waals surface area (Å²) in [5.41, 5.74) is 1.99. The molecule has 0 aromatic heterocycles. The zero-order valence-corrected chi connectivity index (χ0v) is 16.7. The van der Waals surface area contributed by atoms with Crippen LogP contribution in [-0.2, 0) is 23.9 Å². The molecule has 2 amide bonds. The maximum Gasteiger partial charge on any atom is 0.309 e. The summed E-state index contributed by atoms with van der Waals surface area (Å²) in [6, 6.07) is 7.35. The minimum absolute atomic E-state index is 0.103. The Morgan fingerprint density at radius 2 is 1.82 bits per heavy atom. The highest BCUT2D eigenvalue weighted by Crippen LogP contribution is 2.31.